The lowest BCUT2D eigenvalue weighted by molar-refractivity contribution is 0.745. The molecule has 0 saturated heterocycles. The molecule has 0 aliphatic heterocycles. The summed E-state index contributed by atoms with van der Waals surface area (Å²) in [4.78, 5) is 4.63. The molecule has 0 bridgehead atoms. The lowest BCUT2D eigenvalue weighted by Crippen LogP contribution is -2.31. The summed E-state index contributed by atoms with van der Waals surface area (Å²) < 4.78 is 0. The van der Waals surface area contributed by atoms with Gasteiger partial charge >= 0.3 is 0 Å². The molecule has 9 rings (SSSR count). The van der Waals surface area contributed by atoms with Crippen molar-refractivity contribution in [1.82, 2.24) is 0 Å². The molecule has 0 spiro atoms. The van der Waals surface area contributed by atoms with Crippen LogP contribution < -0.4 is 9.80 Å². The normalized spacial score (nSPS) is 11.2. The molecule has 0 aliphatic carbocycles. The highest BCUT2D eigenvalue weighted by Gasteiger charge is 2.38. The van der Waals surface area contributed by atoms with E-state index in [9.17, 15) is 0 Å². The quantitative estimate of drug-likeness (QED) is 0.122. The lowest BCUT2D eigenvalue weighted by atomic mass is 9.65. The Kier molecular flexibility index (Phi) is 9.99. The monoisotopic (exact) mass is 730 g/mol. The highest BCUT2D eigenvalue weighted by atomic mass is 15.1. The van der Waals surface area contributed by atoms with Crippen molar-refractivity contribution in [1.29, 1.82) is 0 Å². The Morgan fingerprint density at radius 1 is 0.193 bits per heavy atom. The van der Waals surface area contributed by atoms with Crippen molar-refractivity contribution < 1.29 is 0 Å². The first-order valence-electron chi connectivity index (χ1n) is 19.5. The highest BCUT2D eigenvalue weighted by Crippen LogP contribution is 2.46. The highest BCUT2D eigenvalue weighted by molar-refractivity contribution is 5.81. The van der Waals surface area contributed by atoms with Gasteiger partial charge in [-0.05, 0) is 106 Å². The molecule has 0 fully saturated rings. The standard InChI is InChI=1S/C55H42N2/c1-7-19-45(20-8-1)55(46-21-9-2-10-22-46,47-23-11-3-12-24-47)48-35-41-54(42-36-48)57(51-29-17-6-18-30-51)53-39-33-44(34-40-53)43-31-37-52(38-32-43)56(49-25-13-4-14-26-49)50-27-15-5-16-28-50/h1-42H. The van der Waals surface area contributed by atoms with Crippen LogP contribution >= 0.6 is 0 Å². The van der Waals surface area contributed by atoms with Gasteiger partial charge in [-0.15, -0.1) is 0 Å². The number of nitrogens with zero attached hydrogens (tertiary/aromatic N) is 2. The first kappa shape index (κ1) is 35.3. The van der Waals surface area contributed by atoms with Crippen LogP contribution in [0, 0.1) is 0 Å². The average molecular weight is 731 g/mol. The van der Waals surface area contributed by atoms with Gasteiger partial charge in [0.15, 0.2) is 0 Å². The van der Waals surface area contributed by atoms with Crippen LogP contribution in [0.25, 0.3) is 11.1 Å². The van der Waals surface area contributed by atoms with E-state index in [1.807, 2.05) is 0 Å². The summed E-state index contributed by atoms with van der Waals surface area (Å²) in [7, 11) is 0. The second-order valence-corrected chi connectivity index (χ2v) is 14.2. The van der Waals surface area contributed by atoms with E-state index < -0.39 is 5.41 Å². The fraction of sp³-hybridized carbons (Fsp3) is 0.0182. The van der Waals surface area contributed by atoms with E-state index >= 15 is 0 Å². The number of rotatable bonds is 11. The zero-order valence-electron chi connectivity index (χ0n) is 31.6. The van der Waals surface area contributed by atoms with E-state index in [0.717, 1.165) is 39.7 Å². The molecule has 57 heavy (non-hydrogen) atoms. The maximum atomic E-state index is 2.34. The summed E-state index contributed by atoms with van der Waals surface area (Å²) in [5, 5.41) is 0. The Morgan fingerprint density at radius 3 is 0.684 bits per heavy atom. The van der Waals surface area contributed by atoms with E-state index in [1.165, 1.54) is 27.8 Å². The molecule has 0 N–H and O–H groups in total. The number of para-hydroxylation sites is 3. The van der Waals surface area contributed by atoms with Crippen LogP contribution in [-0.2, 0) is 5.41 Å². The Bertz CT molecular complexity index is 2470. The third-order valence-corrected chi connectivity index (χ3v) is 10.8. The van der Waals surface area contributed by atoms with Gasteiger partial charge in [-0.3, -0.25) is 0 Å². The minimum atomic E-state index is -0.504. The first-order chi connectivity index (χ1) is 28.3. The van der Waals surface area contributed by atoms with Gasteiger partial charge in [-0.1, -0.05) is 182 Å². The molecule has 0 aliphatic rings. The minimum Gasteiger partial charge on any atom is -0.311 e. The second-order valence-electron chi connectivity index (χ2n) is 14.2. The van der Waals surface area contributed by atoms with Crippen molar-refractivity contribution in [3.05, 3.63) is 277 Å². The summed E-state index contributed by atoms with van der Waals surface area (Å²) in [6, 6.07) is 91.3. The van der Waals surface area contributed by atoms with Gasteiger partial charge in [0, 0.05) is 34.1 Å². The van der Waals surface area contributed by atoms with Crippen LogP contribution in [0.4, 0.5) is 34.1 Å². The molecule has 9 aromatic rings. The second kappa shape index (κ2) is 16.1. The predicted molar refractivity (Wildman–Crippen MR) is 240 cm³/mol. The third-order valence-electron chi connectivity index (χ3n) is 10.8. The molecule has 0 unspecified atom stereocenters. The van der Waals surface area contributed by atoms with E-state index in [0.29, 0.717) is 0 Å². The van der Waals surface area contributed by atoms with E-state index in [4.69, 9.17) is 0 Å². The molecule has 0 aromatic heterocycles. The predicted octanol–water partition coefficient (Wildman–Crippen LogP) is 14.7. The topological polar surface area (TPSA) is 6.48 Å². The summed E-state index contributed by atoms with van der Waals surface area (Å²) in [6.07, 6.45) is 0. The van der Waals surface area contributed by atoms with Gasteiger partial charge in [-0.25, -0.2) is 0 Å². The lowest BCUT2D eigenvalue weighted by Gasteiger charge is -2.37. The SMILES string of the molecule is c1ccc(N(c2ccccc2)c2ccc(-c3ccc(N(c4ccccc4)c4ccc(C(c5ccccc5)(c5ccccc5)c5ccccc5)cc4)cc3)cc2)cc1. The fourth-order valence-electron chi connectivity index (χ4n) is 8.16. The van der Waals surface area contributed by atoms with Gasteiger partial charge in [-0.2, -0.15) is 0 Å². The molecule has 9 aromatic carbocycles. The zero-order chi connectivity index (χ0) is 38.3. The molecule has 272 valence electrons. The zero-order valence-corrected chi connectivity index (χ0v) is 31.6. The molecule has 0 amide bonds. The Hall–Kier alpha value is -7.42. The fourth-order valence-corrected chi connectivity index (χ4v) is 8.16. The number of anilines is 6. The summed E-state index contributed by atoms with van der Waals surface area (Å²) >= 11 is 0. The molecular weight excluding hydrogens is 689 g/mol. The van der Waals surface area contributed by atoms with Crippen molar-refractivity contribution in [3.63, 3.8) is 0 Å². The Balaban J connectivity index is 1.07. The Morgan fingerprint density at radius 2 is 0.404 bits per heavy atom. The largest absolute Gasteiger partial charge is 0.311 e. The smallest absolute Gasteiger partial charge is 0.0701 e. The summed E-state index contributed by atoms with van der Waals surface area (Å²) in [5.74, 6) is 0. The van der Waals surface area contributed by atoms with Crippen LogP contribution in [0.3, 0.4) is 0 Å². The molecule has 0 heterocycles. The maximum Gasteiger partial charge on any atom is 0.0701 e. The average Bonchev–Trinajstić information content (AvgIpc) is 3.30. The molecule has 2 heteroatoms. The van der Waals surface area contributed by atoms with Gasteiger partial charge in [0.25, 0.3) is 0 Å². The van der Waals surface area contributed by atoms with Gasteiger partial charge in [0.1, 0.15) is 0 Å². The summed E-state index contributed by atoms with van der Waals surface area (Å²) in [6.45, 7) is 0. The molecule has 0 saturated carbocycles. The summed E-state index contributed by atoms with van der Waals surface area (Å²) in [5.41, 5.74) is 13.4. The van der Waals surface area contributed by atoms with Gasteiger partial charge in [0.2, 0.25) is 0 Å². The van der Waals surface area contributed by atoms with E-state index in [-0.39, 0.29) is 0 Å². The number of hydrogen-bond acceptors (Lipinski definition) is 2. The first-order valence-corrected chi connectivity index (χ1v) is 19.5. The molecule has 2 nitrogen and oxygen atoms in total. The Labute approximate surface area is 336 Å². The third kappa shape index (κ3) is 7.01. The van der Waals surface area contributed by atoms with Crippen molar-refractivity contribution in [2.75, 3.05) is 9.80 Å². The van der Waals surface area contributed by atoms with E-state index in [2.05, 4.69) is 265 Å². The van der Waals surface area contributed by atoms with Crippen molar-refractivity contribution in [2.24, 2.45) is 0 Å². The van der Waals surface area contributed by atoms with Crippen molar-refractivity contribution in [3.8, 4) is 11.1 Å². The van der Waals surface area contributed by atoms with Crippen LogP contribution in [0.5, 0.6) is 0 Å². The van der Waals surface area contributed by atoms with Crippen LogP contribution in [0.15, 0.2) is 255 Å². The molecule has 0 atom stereocenters. The van der Waals surface area contributed by atoms with Crippen molar-refractivity contribution >= 4 is 34.1 Å². The number of benzene rings is 9. The van der Waals surface area contributed by atoms with Crippen LogP contribution in [0.1, 0.15) is 22.3 Å². The van der Waals surface area contributed by atoms with E-state index in [1.54, 1.807) is 0 Å². The van der Waals surface area contributed by atoms with Gasteiger partial charge in [0.05, 0.1) is 5.41 Å². The maximum absolute atomic E-state index is 2.34. The number of hydrogen-bond donors (Lipinski definition) is 0. The van der Waals surface area contributed by atoms with Crippen LogP contribution in [0.2, 0.25) is 0 Å². The minimum absolute atomic E-state index is 0.504. The van der Waals surface area contributed by atoms with Gasteiger partial charge < -0.3 is 9.80 Å². The van der Waals surface area contributed by atoms with Crippen LogP contribution in [-0.4, -0.2) is 0 Å². The van der Waals surface area contributed by atoms with Crippen molar-refractivity contribution in [2.45, 2.75) is 5.41 Å². The molecular formula is C55H42N2. The molecule has 0 radical (unpaired) electrons.